The molecule has 1 aliphatic rings. The van der Waals surface area contributed by atoms with Crippen LogP contribution in [0.4, 0.5) is 18.9 Å². The summed E-state index contributed by atoms with van der Waals surface area (Å²) in [5, 5.41) is 0. The molecule has 1 aromatic carbocycles. The molecule has 0 aliphatic carbocycles. The molecule has 1 saturated heterocycles. The summed E-state index contributed by atoms with van der Waals surface area (Å²) in [5.74, 6) is -5.02. The SMILES string of the molecule is CCC1CCCCN1C(=O)CCN(C(C)=O)c1ccc(F)c(F)c1F. The molecule has 0 spiro atoms. The van der Waals surface area contributed by atoms with E-state index in [1.807, 2.05) is 11.8 Å². The van der Waals surface area contributed by atoms with Gasteiger partial charge in [0.1, 0.15) is 0 Å². The third kappa shape index (κ3) is 4.32. The van der Waals surface area contributed by atoms with Gasteiger partial charge in [-0.25, -0.2) is 13.2 Å². The number of anilines is 1. The van der Waals surface area contributed by atoms with Gasteiger partial charge in [0.05, 0.1) is 5.69 Å². The Morgan fingerprint density at radius 2 is 1.92 bits per heavy atom. The predicted octanol–water partition coefficient (Wildman–Crippen LogP) is 3.64. The average molecular weight is 356 g/mol. The quantitative estimate of drug-likeness (QED) is 0.756. The number of benzene rings is 1. The number of likely N-dealkylation sites (tertiary alicyclic amines) is 1. The molecule has 1 aromatic rings. The van der Waals surface area contributed by atoms with Gasteiger partial charge in [-0.3, -0.25) is 9.59 Å². The molecule has 1 heterocycles. The first-order valence-corrected chi connectivity index (χ1v) is 8.57. The zero-order valence-corrected chi connectivity index (χ0v) is 14.5. The van der Waals surface area contributed by atoms with Gasteiger partial charge in [-0.2, -0.15) is 0 Å². The lowest BCUT2D eigenvalue weighted by Crippen LogP contribution is -2.44. The van der Waals surface area contributed by atoms with Gasteiger partial charge in [-0.15, -0.1) is 0 Å². The Morgan fingerprint density at radius 1 is 1.20 bits per heavy atom. The second kappa shape index (κ2) is 8.36. The Hall–Kier alpha value is -2.05. The van der Waals surface area contributed by atoms with Crippen LogP contribution in [0.15, 0.2) is 12.1 Å². The lowest BCUT2D eigenvalue weighted by Gasteiger charge is -2.35. The molecule has 0 N–H and O–H groups in total. The van der Waals surface area contributed by atoms with Crippen molar-refractivity contribution in [3.63, 3.8) is 0 Å². The van der Waals surface area contributed by atoms with Crippen LogP contribution in [0, 0.1) is 17.5 Å². The highest BCUT2D eigenvalue weighted by atomic mass is 19.2. The minimum atomic E-state index is -1.63. The van der Waals surface area contributed by atoms with E-state index in [0.717, 1.165) is 42.7 Å². The average Bonchev–Trinajstić information content (AvgIpc) is 2.61. The van der Waals surface area contributed by atoms with Gasteiger partial charge >= 0.3 is 0 Å². The topological polar surface area (TPSA) is 40.6 Å². The molecular formula is C18H23F3N2O2. The molecule has 4 nitrogen and oxygen atoms in total. The molecule has 2 rings (SSSR count). The van der Waals surface area contributed by atoms with Crippen LogP contribution in [0.1, 0.15) is 46.0 Å². The maximum Gasteiger partial charge on any atom is 0.224 e. The number of hydrogen-bond acceptors (Lipinski definition) is 2. The smallest absolute Gasteiger partial charge is 0.224 e. The van der Waals surface area contributed by atoms with E-state index in [0.29, 0.717) is 6.54 Å². The monoisotopic (exact) mass is 356 g/mol. The van der Waals surface area contributed by atoms with Crippen LogP contribution in [0.5, 0.6) is 0 Å². The second-order valence-corrected chi connectivity index (χ2v) is 6.26. The van der Waals surface area contributed by atoms with E-state index in [-0.39, 0.29) is 30.6 Å². The number of amides is 2. The van der Waals surface area contributed by atoms with Crippen molar-refractivity contribution in [3.05, 3.63) is 29.6 Å². The van der Waals surface area contributed by atoms with E-state index >= 15 is 0 Å². The first-order chi connectivity index (χ1) is 11.9. The lowest BCUT2D eigenvalue weighted by molar-refractivity contribution is -0.134. The van der Waals surface area contributed by atoms with E-state index in [1.165, 1.54) is 6.92 Å². The summed E-state index contributed by atoms with van der Waals surface area (Å²) in [7, 11) is 0. The Labute approximate surface area is 145 Å². The zero-order chi connectivity index (χ0) is 18.6. The first kappa shape index (κ1) is 19.3. The molecular weight excluding hydrogens is 333 g/mol. The van der Waals surface area contributed by atoms with Crippen molar-refractivity contribution in [3.8, 4) is 0 Å². The summed E-state index contributed by atoms with van der Waals surface area (Å²) < 4.78 is 40.5. The number of hydrogen-bond donors (Lipinski definition) is 0. The van der Waals surface area contributed by atoms with Gasteiger partial charge in [-0.1, -0.05) is 6.92 Å². The Kier molecular flexibility index (Phi) is 6.45. The molecule has 2 amide bonds. The summed E-state index contributed by atoms with van der Waals surface area (Å²) in [5.41, 5.74) is -0.357. The Balaban J connectivity index is 2.11. The Bertz CT molecular complexity index is 651. The number of rotatable bonds is 5. The summed E-state index contributed by atoms with van der Waals surface area (Å²) in [6, 6.07) is 1.96. The van der Waals surface area contributed by atoms with Crippen LogP contribution in [0.2, 0.25) is 0 Å². The highest BCUT2D eigenvalue weighted by molar-refractivity contribution is 5.92. The van der Waals surface area contributed by atoms with Gasteiger partial charge in [0.2, 0.25) is 11.8 Å². The van der Waals surface area contributed by atoms with Gasteiger partial charge in [-0.05, 0) is 37.8 Å². The maximum atomic E-state index is 14.0. The highest BCUT2D eigenvalue weighted by Gasteiger charge is 2.27. The fourth-order valence-electron chi connectivity index (χ4n) is 3.28. The minimum absolute atomic E-state index is 0.00845. The number of halogens is 3. The van der Waals surface area contributed by atoms with E-state index in [1.54, 1.807) is 0 Å². The molecule has 0 bridgehead atoms. The summed E-state index contributed by atoms with van der Waals surface area (Å²) >= 11 is 0. The maximum absolute atomic E-state index is 14.0. The molecule has 25 heavy (non-hydrogen) atoms. The predicted molar refractivity (Wildman–Crippen MR) is 88.6 cm³/mol. The van der Waals surface area contributed by atoms with Gasteiger partial charge in [0, 0.05) is 32.5 Å². The molecule has 1 atom stereocenters. The molecule has 138 valence electrons. The van der Waals surface area contributed by atoms with Crippen molar-refractivity contribution in [1.82, 2.24) is 4.90 Å². The van der Waals surface area contributed by atoms with Crippen molar-refractivity contribution in [2.45, 2.75) is 52.0 Å². The van der Waals surface area contributed by atoms with Crippen LogP contribution in [-0.2, 0) is 9.59 Å². The summed E-state index contributed by atoms with van der Waals surface area (Å²) in [6.07, 6.45) is 3.85. The van der Waals surface area contributed by atoms with Gasteiger partial charge in [0.15, 0.2) is 17.5 Å². The van der Waals surface area contributed by atoms with E-state index in [9.17, 15) is 22.8 Å². The number of carbonyl (C=O) groups is 2. The largest absolute Gasteiger partial charge is 0.340 e. The number of nitrogens with zero attached hydrogens (tertiary/aromatic N) is 2. The van der Waals surface area contributed by atoms with E-state index in [2.05, 4.69) is 0 Å². The fraction of sp³-hybridized carbons (Fsp3) is 0.556. The molecule has 0 saturated carbocycles. The lowest BCUT2D eigenvalue weighted by atomic mass is 9.99. The van der Waals surface area contributed by atoms with Crippen LogP contribution in [-0.4, -0.2) is 35.8 Å². The molecule has 1 aliphatic heterocycles. The second-order valence-electron chi connectivity index (χ2n) is 6.26. The normalized spacial score (nSPS) is 17.5. The molecule has 7 heteroatoms. The van der Waals surface area contributed by atoms with Crippen LogP contribution >= 0.6 is 0 Å². The highest BCUT2D eigenvalue weighted by Crippen LogP contribution is 2.25. The molecule has 0 radical (unpaired) electrons. The van der Waals surface area contributed by atoms with Crippen molar-refractivity contribution >= 4 is 17.5 Å². The Morgan fingerprint density at radius 3 is 2.56 bits per heavy atom. The van der Waals surface area contributed by atoms with E-state index < -0.39 is 23.4 Å². The minimum Gasteiger partial charge on any atom is -0.340 e. The molecule has 1 fully saturated rings. The van der Waals surface area contributed by atoms with E-state index in [4.69, 9.17) is 0 Å². The van der Waals surface area contributed by atoms with Crippen molar-refractivity contribution < 1.29 is 22.8 Å². The third-order valence-corrected chi connectivity index (χ3v) is 4.65. The zero-order valence-electron chi connectivity index (χ0n) is 14.5. The number of carbonyl (C=O) groups excluding carboxylic acids is 2. The fourth-order valence-corrected chi connectivity index (χ4v) is 3.28. The summed E-state index contributed by atoms with van der Waals surface area (Å²) in [6.45, 7) is 3.82. The van der Waals surface area contributed by atoms with Crippen molar-refractivity contribution in [2.24, 2.45) is 0 Å². The van der Waals surface area contributed by atoms with Crippen LogP contribution in [0.25, 0.3) is 0 Å². The summed E-state index contributed by atoms with van der Waals surface area (Å²) in [4.78, 5) is 27.1. The third-order valence-electron chi connectivity index (χ3n) is 4.65. The molecule has 0 aromatic heterocycles. The van der Waals surface area contributed by atoms with Crippen molar-refractivity contribution in [1.29, 1.82) is 0 Å². The van der Waals surface area contributed by atoms with Crippen LogP contribution < -0.4 is 4.90 Å². The first-order valence-electron chi connectivity index (χ1n) is 8.57. The standard InChI is InChI=1S/C18H23F3N2O2/c1-3-13-6-4-5-10-23(13)16(25)9-11-22(12(2)24)15-8-7-14(19)17(20)18(15)21/h7-8,13H,3-6,9-11H2,1-2H3. The van der Waals surface area contributed by atoms with Crippen molar-refractivity contribution in [2.75, 3.05) is 18.0 Å². The van der Waals surface area contributed by atoms with Crippen LogP contribution in [0.3, 0.4) is 0 Å². The van der Waals surface area contributed by atoms with Gasteiger partial charge < -0.3 is 9.80 Å². The van der Waals surface area contributed by atoms with Gasteiger partial charge in [0.25, 0.3) is 0 Å². The number of piperidine rings is 1. The molecule has 1 unspecified atom stereocenters.